The van der Waals surface area contributed by atoms with Gasteiger partial charge in [0.15, 0.2) is 10.7 Å². The Morgan fingerprint density at radius 2 is 2.00 bits per heavy atom. The van der Waals surface area contributed by atoms with Crippen molar-refractivity contribution in [2.24, 2.45) is 7.05 Å². The lowest BCUT2D eigenvalue weighted by molar-refractivity contribution is 0.0295. The number of hydrogen-bond acceptors (Lipinski definition) is 8. The van der Waals surface area contributed by atoms with E-state index in [0.717, 1.165) is 11.3 Å². The van der Waals surface area contributed by atoms with E-state index >= 15 is 0 Å². The molecule has 1 aliphatic heterocycles. The quantitative estimate of drug-likeness (QED) is 0.527. The Labute approximate surface area is 192 Å². The molecule has 1 aliphatic rings. The van der Waals surface area contributed by atoms with Crippen molar-refractivity contribution in [2.75, 3.05) is 13.1 Å². The lowest BCUT2D eigenvalue weighted by atomic mass is 10.2. The van der Waals surface area contributed by atoms with Crippen LogP contribution >= 0.6 is 0 Å². The first-order chi connectivity index (χ1) is 15.4. The molecule has 1 amide bonds. The predicted octanol–water partition coefficient (Wildman–Crippen LogP) is 2.34. The first-order valence-electron chi connectivity index (χ1n) is 10.9. The molecular formula is C21H29N7O4S. The van der Waals surface area contributed by atoms with Crippen molar-refractivity contribution in [3.63, 3.8) is 0 Å². The highest BCUT2D eigenvalue weighted by atomic mass is 32.2. The van der Waals surface area contributed by atoms with Gasteiger partial charge < -0.3 is 14.2 Å². The van der Waals surface area contributed by atoms with Crippen molar-refractivity contribution >= 4 is 27.1 Å². The fraction of sp³-hybridized carbons (Fsp3) is 0.571. The second kappa shape index (κ2) is 8.08. The van der Waals surface area contributed by atoms with E-state index in [1.54, 1.807) is 38.6 Å². The topological polar surface area (TPSA) is 125 Å². The minimum Gasteiger partial charge on any atom is -0.444 e. The van der Waals surface area contributed by atoms with Gasteiger partial charge in [0.05, 0.1) is 17.0 Å². The number of ether oxygens (including phenoxy) is 1. The van der Waals surface area contributed by atoms with Gasteiger partial charge in [-0.2, -0.15) is 5.10 Å². The molecule has 0 aromatic carbocycles. The van der Waals surface area contributed by atoms with Crippen LogP contribution < -0.4 is 0 Å². The Kier molecular flexibility index (Phi) is 5.67. The summed E-state index contributed by atoms with van der Waals surface area (Å²) in [4.78, 5) is 26.9. The molecule has 1 saturated heterocycles. The van der Waals surface area contributed by atoms with Crippen LogP contribution in [0.25, 0.3) is 22.6 Å². The molecule has 0 N–H and O–H groups in total. The van der Waals surface area contributed by atoms with Gasteiger partial charge in [-0.1, -0.05) is 0 Å². The van der Waals surface area contributed by atoms with Gasteiger partial charge in [0.2, 0.25) is 9.84 Å². The van der Waals surface area contributed by atoms with Crippen molar-refractivity contribution in [1.29, 1.82) is 0 Å². The van der Waals surface area contributed by atoms with Crippen LogP contribution in [0, 0.1) is 6.92 Å². The number of carbonyl (C=O) groups excluding carboxylic acids is 1. The average Bonchev–Trinajstić information content (AvgIpc) is 3.44. The minimum absolute atomic E-state index is 0.0464. The second-order valence-corrected chi connectivity index (χ2v) is 11.3. The largest absolute Gasteiger partial charge is 0.444 e. The summed E-state index contributed by atoms with van der Waals surface area (Å²) in [6.07, 6.45) is 2.74. The van der Waals surface area contributed by atoms with Crippen LogP contribution in [0.15, 0.2) is 17.6 Å². The standard InChI is InChI=1S/C21H29N7O4S/c1-7-28-13(2)15(10-24-28)17-25-16-18(26(17)6)22-12-23-19(16)33(30,31)14-8-9-27(11-14)20(29)32-21(3,4)5/h10,12,14H,7-9,11H2,1-6H3/t14-/m0/s1. The molecule has 11 nitrogen and oxygen atoms in total. The van der Waals surface area contributed by atoms with Gasteiger partial charge in [0.25, 0.3) is 0 Å². The van der Waals surface area contributed by atoms with Gasteiger partial charge in [0.1, 0.15) is 23.3 Å². The highest BCUT2D eigenvalue weighted by Gasteiger charge is 2.40. The van der Waals surface area contributed by atoms with E-state index in [-0.39, 0.29) is 17.1 Å². The van der Waals surface area contributed by atoms with Gasteiger partial charge in [-0.15, -0.1) is 0 Å². The lowest BCUT2D eigenvalue weighted by Crippen LogP contribution is -2.36. The predicted molar refractivity (Wildman–Crippen MR) is 121 cm³/mol. The first kappa shape index (κ1) is 23.1. The summed E-state index contributed by atoms with van der Waals surface area (Å²) >= 11 is 0. The van der Waals surface area contributed by atoms with Crippen LogP contribution in [-0.4, -0.2) is 72.7 Å². The van der Waals surface area contributed by atoms with E-state index in [9.17, 15) is 13.2 Å². The van der Waals surface area contributed by atoms with Crippen molar-refractivity contribution in [1.82, 2.24) is 34.2 Å². The van der Waals surface area contributed by atoms with Crippen molar-refractivity contribution in [2.45, 2.75) is 63.5 Å². The summed E-state index contributed by atoms with van der Waals surface area (Å²) in [6.45, 7) is 10.3. The number of carbonyl (C=O) groups is 1. The highest BCUT2D eigenvalue weighted by Crippen LogP contribution is 2.31. The molecule has 3 aromatic heterocycles. The van der Waals surface area contributed by atoms with Crippen LogP contribution in [0.3, 0.4) is 0 Å². The Bertz CT molecular complexity index is 1320. The molecule has 0 bridgehead atoms. The molecule has 1 atom stereocenters. The molecule has 0 radical (unpaired) electrons. The van der Waals surface area contributed by atoms with E-state index in [0.29, 0.717) is 31.0 Å². The average molecular weight is 476 g/mol. The molecule has 12 heteroatoms. The van der Waals surface area contributed by atoms with Crippen molar-refractivity contribution in [3.8, 4) is 11.4 Å². The van der Waals surface area contributed by atoms with Gasteiger partial charge in [-0.05, 0) is 41.0 Å². The Hall–Kier alpha value is -3.02. The van der Waals surface area contributed by atoms with E-state index in [1.165, 1.54) is 11.2 Å². The number of rotatable bonds is 4. The highest BCUT2D eigenvalue weighted by molar-refractivity contribution is 7.92. The molecule has 4 rings (SSSR count). The summed E-state index contributed by atoms with van der Waals surface area (Å²) in [7, 11) is -2.08. The van der Waals surface area contributed by atoms with Crippen LogP contribution in [0.4, 0.5) is 4.79 Å². The van der Waals surface area contributed by atoms with Gasteiger partial charge >= 0.3 is 6.09 Å². The van der Waals surface area contributed by atoms with Gasteiger partial charge in [-0.25, -0.2) is 28.2 Å². The summed E-state index contributed by atoms with van der Waals surface area (Å²) in [5, 5.41) is 3.45. The molecular weight excluding hydrogens is 446 g/mol. The number of aromatic nitrogens is 6. The molecule has 33 heavy (non-hydrogen) atoms. The molecule has 3 aromatic rings. The molecule has 0 aliphatic carbocycles. The zero-order chi connectivity index (χ0) is 24.1. The van der Waals surface area contributed by atoms with Gasteiger partial charge in [-0.3, -0.25) is 4.68 Å². The normalized spacial score (nSPS) is 17.2. The number of imidazole rings is 1. The number of likely N-dealkylation sites (tertiary alicyclic amines) is 1. The Morgan fingerprint density at radius 1 is 1.27 bits per heavy atom. The summed E-state index contributed by atoms with van der Waals surface area (Å²) in [5.41, 5.74) is 1.72. The van der Waals surface area contributed by atoms with Crippen molar-refractivity contribution < 1.29 is 17.9 Å². The van der Waals surface area contributed by atoms with Crippen LogP contribution in [-0.2, 0) is 28.2 Å². The monoisotopic (exact) mass is 475 g/mol. The smallest absolute Gasteiger partial charge is 0.410 e. The second-order valence-electron chi connectivity index (χ2n) is 9.19. The summed E-state index contributed by atoms with van der Waals surface area (Å²) in [5.74, 6) is 0.570. The number of amides is 1. The van der Waals surface area contributed by atoms with Crippen LogP contribution in [0.5, 0.6) is 0 Å². The molecule has 4 heterocycles. The SMILES string of the molecule is CCn1ncc(-c2nc3c(S(=O)(=O)[C@H]4CCN(C(=O)OC(C)(C)C)C4)ncnc3n2C)c1C. The molecule has 0 spiro atoms. The maximum atomic E-state index is 13.5. The fourth-order valence-corrected chi connectivity index (χ4v) is 5.75. The number of fused-ring (bicyclic) bond motifs is 1. The minimum atomic E-state index is -3.87. The Morgan fingerprint density at radius 3 is 2.64 bits per heavy atom. The number of hydrogen-bond donors (Lipinski definition) is 0. The van der Waals surface area contributed by atoms with E-state index in [2.05, 4.69) is 20.1 Å². The third-order valence-electron chi connectivity index (χ3n) is 5.77. The zero-order valence-corrected chi connectivity index (χ0v) is 20.5. The third kappa shape index (κ3) is 4.07. The maximum Gasteiger partial charge on any atom is 0.410 e. The van der Waals surface area contributed by atoms with E-state index in [1.807, 2.05) is 18.5 Å². The van der Waals surface area contributed by atoms with E-state index in [4.69, 9.17) is 4.74 Å². The summed E-state index contributed by atoms with van der Waals surface area (Å²) < 4.78 is 36.1. The number of nitrogens with zero attached hydrogens (tertiary/aromatic N) is 7. The zero-order valence-electron chi connectivity index (χ0n) is 19.7. The third-order valence-corrected chi connectivity index (χ3v) is 7.87. The molecule has 178 valence electrons. The molecule has 0 unspecified atom stereocenters. The fourth-order valence-electron chi connectivity index (χ4n) is 4.04. The first-order valence-corrected chi connectivity index (χ1v) is 12.4. The maximum absolute atomic E-state index is 13.5. The van der Waals surface area contributed by atoms with Crippen molar-refractivity contribution in [3.05, 3.63) is 18.2 Å². The lowest BCUT2D eigenvalue weighted by Gasteiger charge is -2.24. The number of aryl methyl sites for hydroxylation is 2. The number of sulfone groups is 1. The van der Waals surface area contributed by atoms with Crippen LogP contribution in [0.2, 0.25) is 0 Å². The van der Waals surface area contributed by atoms with E-state index < -0.39 is 26.8 Å². The molecule has 1 fully saturated rings. The summed E-state index contributed by atoms with van der Waals surface area (Å²) in [6, 6.07) is 0. The molecule has 0 saturated carbocycles. The Balaban J connectivity index is 1.70. The van der Waals surface area contributed by atoms with Gasteiger partial charge in [0, 0.05) is 32.4 Å². The van der Waals surface area contributed by atoms with Crippen LogP contribution in [0.1, 0.15) is 39.8 Å².